The number of primary amides is 1. The van der Waals surface area contributed by atoms with E-state index in [9.17, 15) is 4.79 Å². The van der Waals surface area contributed by atoms with Crippen molar-refractivity contribution < 1.29 is 4.79 Å². The standard InChI is InChI=1S/C10H16N4O/c1-12-9-5-2-6-10(14-9)13-7-3-4-8(11)15/h2,5-6H,3-4,7H2,1H3,(H2,11,15)(H2,12,13,14). The molecule has 0 spiro atoms. The molecule has 0 aliphatic carbocycles. The van der Waals surface area contributed by atoms with Gasteiger partial charge in [-0.25, -0.2) is 4.98 Å². The minimum absolute atomic E-state index is 0.270. The molecule has 5 heteroatoms. The van der Waals surface area contributed by atoms with E-state index in [-0.39, 0.29) is 5.91 Å². The molecule has 15 heavy (non-hydrogen) atoms. The first-order valence-corrected chi connectivity index (χ1v) is 4.89. The van der Waals surface area contributed by atoms with Gasteiger partial charge in [-0.1, -0.05) is 6.07 Å². The number of nitrogens with one attached hydrogen (secondary N) is 2. The molecule has 5 nitrogen and oxygen atoms in total. The number of carbonyl (C=O) groups excluding carboxylic acids is 1. The summed E-state index contributed by atoms with van der Waals surface area (Å²) in [5.41, 5.74) is 5.03. The minimum atomic E-state index is -0.270. The lowest BCUT2D eigenvalue weighted by Crippen LogP contribution is -2.13. The van der Waals surface area contributed by atoms with Gasteiger partial charge < -0.3 is 16.4 Å². The van der Waals surface area contributed by atoms with Crippen molar-refractivity contribution >= 4 is 17.5 Å². The second kappa shape index (κ2) is 5.85. The Morgan fingerprint density at radius 3 is 2.87 bits per heavy atom. The van der Waals surface area contributed by atoms with Crippen molar-refractivity contribution in [3.63, 3.8) is 0 Å². The summed E-state index contributed by atoms with van der Waals surface area (Å²) in [5, 5.41) is 6.07. The number of hydrogen-bond donors (Lipinski definition) is 3. The average molecular weight is 208 g/mol. The molecule has 0 saturated carbocycles. The maximum atomic E-state index is 10.5. The summed E-state index contributed by atoms with van der Waals surface area (Å²) in [4.78, 5) is 14.7. The fourth-order valence-electron chi connectivity index (χ4n) is 1.15. The number of hydrogen-bond acceptors (Lipinski definition) is 4. The van der Waals surface area contributed by atoms with E-state index in [0.717, 1.165) is 18.1 Å². The highest BCUT2D eigenvalue weighted by Crippen LogP contribution is 2.08. The third kappa shape index (κ3) is 4.30. The Kier molecular flexibility index (Phi) is 4.40. The lowest BCUT2D eigenvalue weighted by molar-refractivity contribution is -0.118. The highest BCUT2D eigenvalue weighted by Gasteiger charge is 1.96. The van der Waals surface area contributed by atoms with Crippen LogP contribution in [0.25, 0.3) is 0 Å². The summed E-state index contributed by atoms with van der Waals surface area (Å²) in [6.45, 7) is 0.698. The van der Waals surface area contributed by atoms with E-state index in [1.54, 1.807) is 0 Å². The highest BCUT2D eigenvalue weighted by molar-refractivity contribution is 5.73. The van der Waals surface area contributed by atoms with Crippen LogP contribution < -0.4 is 16.4 Å². The number of nitrogens with two attached hydrogens (primary N) is 1. The van der Waals surface area contributed by atoms with E-state index in [1.807, 2.05) is 25.2 Å². The largest absolute Gasteiger partial charge is 0.373 e. The Hall–Kier alpha value is -1.78. The van der Waals surface area contributed by atoms with E-state index in [2.05, 4.69) is 15.6 Å². The van der Waals surface area contributed by atoms with Crippen molar-refractivity contribution in [1.29, 1.82) is 0 Å². The van der Waals surface area contributed by atoms with Gasteiger partial charge in [-0.05, 0) is 18.6 Å². The zero-order chi connectivity index (χ0) is 11.1. The first kappa shape index (κ1) is 11.3. The Morgan fingerprint density at radius 1 is 1.47 bits per heavy atom. The topological polar surface area (TPSA) is 80.0 Å². The van der Waals surface area contributed by atoms with Gasteiger partial charge in [0.2, 0.25) is 5.91 Å². The van der Waals surface area contributed by atoms with Crippen LogP contribution in [-0.4, -0.2) is 24.5 Å². The van der Waals surface area contributed by atoms with Crippen LogP contribution in [0, 0.1) is 0 Å². The summed E-state index contributed by atoms with van der Waals surface area (Å²) in [7, 11) is 1.82. The predicted molar refractivity (Wildman–Crippen MR) is 60.7 cm³/mol. The summed E-state index contributed by atoms with van der Waals surface area (Å²) in [6, 6.07) is 5.68. The van der Waals surface area contributed by atoms with Crippen molar-refractivity contribution in [2.45, 2.75) is 12.8 Å². The van der Waals surface area contributed by atoms with E-state index < -0.39 is 0 Å². The molecule has 82 valence electrons. The molecule has 4 N–H and O–H groups in total. The fraction of sp³-hybridized carbons (Fsp3) is 0.400. The van der Waals surface area contributed by atoms with Gasteiger partial charge >= 0.3 is 0 Å². The molecule has 1 heterocycles. The first-order chi connectivity index (χ1) is 7.22. The molecule has 0 saturated heterocycles. The van der Waals surface area contributed by atoms with Crippen molar-refractivity contribution in [3.8, 4) is 0 Å². The van der Waals surface area contributed by atoms with Crippen LogP contribution in [0.5, 0.6) is 0 Å². The summed E-state index contributed by atoms with van der Waals surface area (Å²) in [6.07, 6.45) is 1.12. The zero-order valence-electron chi connectivity index (χ0n) is 8.79. The molecule has 0 unspecified atom stereocenters. The number of pyridine rings is 1. The van der Waals surface area contributed by atoms with Crippen molar-refractivity contribution in [2.24, 2.45) is 5.73 Å². The van der Waals surface area contributed by atoms with Gasteiger partial charge in [-0.3, -0.25) is 4.79 Å². The molecule has 0 bridgehead atoms. The minimum Gasteiger partial charge on any atom is -0.373 e. The van der Waals surface area contributed by atoms with Crippen LogP contribution in [0.1, 0.15) is 12.8 Å². The van der Waals surface area contributed by atoms with Crippen molar-refractivity contribution in [2.75, 3.05) is 24.2 Å². The number of amides is 1. The van der Waals surface area contributed by atoms with E-state index >= 15 is 0 Å². The number of carbonyl (C=O) groups is 1. The van der Waals surface area contributed by atoms with Crippen LogP contribution in [-0.2, 0) is 4.79 Å². The molecule has 1 aromatic rings. The second-order valence-corrected chi connectivity index (χ2v) is 3.15. The van der Waals surface area contributed by atoms with Gasteiger partial charge in [-0.15, -0.1) is 0 Å². The quantitative estimate of drug-likeness (QED) is 0.604. The predicted octanol–water partition coefficient (Wildman–Crippen LogP) is 0.801. The monoisotopic (exact) mass is 208 g/mol. The molecule has 0 radical (unpaired) electrons. The molecular formula is C10H16N4O. The smallest absolute Gasteiger partial charge is 0.217 e. The second-order valence-electron chi connectivity index (χ2n) is 3.15. The lowest BCUT2D eigenvalue weighted by atomic mass is 10.3. The first-order valence-electron chi connectivity index (χ1n) is 4.89. The molecule has 0 aromatic carbocycles. The van der Waals surface area contributed by atoms with E-state index in [1.165, 1.54) is 0 Å². The van der Waals surface area contributed by atoms with Crippen molar-refractivity contribution in [1.82, 2.24) is 4.98 Å². The van der Waals surface area contributed by atoms with Crippen molar-refractivity contribution in [3.05, 3.63) is 18.2 Å². The SMILES string of the molecule is CNc1cccc(NCCCC(N)=O)n1. The Balaban J connectivity index is 2.33. The lowest BCUT2D eigenvalue weighted by Gasteiger charge is -2.06. The molecule has 0 aliphatic rings. The molecular weight excluding hydrogens is 192 g/mol. The number of anilines is 2. The van der Waals surface area contributed by atoms with E-state index in [0.29, 0.717) is 13.0 Å². The third-order valence-corrected chi connectivity index (χ3v) is 1.91. The van der Waals surface area contributed by atoms with Crippen LogP contribution in [0.3, 0.4) is 0 Å². The van der Waals surface area contributed by atoms with Crippen LogP contribution in [0.4, 0.5) is 11.6 Å². The zero-order valence-corrected chi connectivity index (χ0v) is 8.79. The Labute approximate surface area is 89.1 Å². The average Bonchev–Trinajstić information content (AvgIpc) is 2.24. The number of nitrogens with zero attached hydrogens (tertiary/aromatic N) is 1. The normalized spacial score (nSPS) is 9.67. The highest BCUT2D eigenvalue weighted by atomic mass is 16.1. The molecule has 1 amide bonds. The van der Waals surface area contributed by atoms with Gasteiger partial charge in [0.05, 0.1) is 0 Å². The van der Waals surface area contributed by atoms with Crippen LogP contribution >= 0.6 is 0 Å². The summed E-state index contributed by atoms with van der Waals surface area (Å²) >= 11 is 0. The third-order valence-electron chi connectivity index (χ3n) is 1.91. The van der Waals surface area contributed by atoms with Gasteiger partial charge in [0.1, 0.15) is 11.6 Å². The van der Waals surface area contributed by atoms with E-state index in [4.69, 9.17) is 5.73 Å². The van der Waals surface area contributed by atoms with Gasteiger partial charge in [0.25, 0.3) is 0 Å². The number of rotatable bonds is 6. The summed E-state index contributed by atoms with van der Waals surface area (Å²) in [5.74, 6) is 1.34. The molecule has 1 rings (SSSR count). The van der Waals surface area contributed by atoms with Gasteiger partial charge in [0, 0.05) is 20.0 Å². The molecule has 0 fully saturated rings. The molecule has 0 atom stereocenters. The van der Waals surface area contributed by atoms with Crippen LogP contribution in [0.15, 0.2) is 18.2 Å². The Morgan fingerprint density at radius 2 is 2.20 bits per heavy atom. The van der Waals surface area contributed by atoms with Gasteiger partial charge in [-0.2, -0.15) is 0 Å². The Bertz CT molecular complexity index is 327. The summed E-state index contributed by atoms with van der Waals surface area (Å²) < 4.78 is 0. The fourth-order valence-corrected chi connectivity index (χ4v) is 1.15. The number of aromatic nitrogens is 1. The molecule has 1 aromatic heterocycles. The van der Waals surface area contributed by atoms with Crippen LogP contribution in [0.2, 0.25) is 0 Å². The molecule has 0 aliphatic heterocycles. The maximum Gasteiger partial charge on any atom is 0.217 e. The van der Waals surface area contributed by atoms with Gasteiger partial charge in [0.15, 0.2) is 0 Å². The maximum absolute atomic E-state index is 10.5.